The van der Waals surface area contributed by atoms with Crippen molar-refractivity contribution in [2.24, 2.45) is 12.9 Å². The number of nitrogens with zero attached hydrogens (tertiary/aromatic N) is 4. The molecule has 3 N–H and O–H groups in total. The second-order valence-electron chi connectivity index (χ2n) is 4.18. The minimum atomic E-state index is -0.149. The lowest BCUT2D eigenvalue weighted by atomic mass is 10.2. The fourth-order valence-electron chi connectivity index (χ4n) is 1.84. The van der Waals surface area contributed by atoms with E-state index in [1.165, 1.54) is 0 Å². The third kappa shape index (κ3) is 2.88. The molecule has 0 fully saturated rings. The fraction of sp³-hybridized carbons (Fsp3) is 0.417. The third-order valence-corrected chi connectivity index (χ3v) is 2.84. The summed E-state index contributed by atoms with van der Waals surface area (Å²) in [7, 11) is 3.50. The lowest BCUT2D eigenvalue weighted by molar-refractivity contribution is 0.0928. The molecule has 19 heavy (non-hydrogen) atoms. The molecule has 0 aromatic carbocycles. The number of rotatable bonds is 5. The van der Waals surface area contributed by atoms with Crippen molar-refractivity contribution in [3.63, 3.8) is 0 Å². The fourth-order valence-corrected chi connectivity index (χ4v) is 1.84. The molecule has 1 unspecified atom stereocenters. The van der Waals surface area contributed by atoms with E-state index < -0.39 is 0 Å². The number of hydrogen-bond acceptors (Lipinski definition) is 6. The van der Waals surface area contributed by atoms with E-state index in [-0.39, 0.29) is 6.10 Å². The largest absolute Gasteiger partial charge is 0.373 e. The molecule has 7 heteroatoms. The van der Waals surface area contributed by atoms with E-state index in [2.05, 4.69) is 20.5 Å². The minimum Gasteiger partial charge on any atom is -0.373 e. The first-order valence-electron chi connectivity index (χ1n) is 6.05. The van der Waals surface area contributed by atoms with Crippen molar-refractivity contribution in [2.75, 3.05) is 12.5 Å². The second-order valence-corrected chi connectivity index (χ2v) is 4.18. The Morgan fingerprint density at radius 2 is 2.26 bits per heavy atom. The molecule has 102 valence electrons. The van der Waals surface area contributed by atoms with Crippen LogP contribution in [0.3, 0.4) is 0 Å². The first-order valence-corrected chi connectivity index (χ1v) is 6.05. The number of aryl methyl sites for hydroxylation is 1. The summed E-state index contributed by atoms with van der Waals surface area (Å²) in [6, 6.07) is 1.78. The lowest BCUT2D eigenvalue weighted by Crippen LogP contribution is -2.13. The molecule has 0 amide bonds. The Bertz CT molecular complexity index is 549. The number of nitrogen functional groups attached to an aromatic ring is 1. The van der Waals surface area contributed by atoms with Crippen LogP contribution in [0.4, 0.5) is 5.82 Å². The van der Waals surface area contributed by atoms with Gasteiger partial charge in [0.15, 0.2) is 5.82 Å². The van der Waals surface area contributed by atoms with E-state index in [4.69, 9.17) is 10.6 Å². The Labute approximate surface area is 111 Å². The van der Waals surface area contributed by atoms with E-state index in [0.717, 1.165) is 17.7 Å². The number of anilines is 1. The number of nitrogens with one attached hydrogen (secondary N) is 1. The van der Waals surface area contributed by atoms with E-state index in [1.54, 1.807) is 24.1 Å². The standard InChI is InChI=1S/C12H18N6O/c1-4-10(19-3)12-15-9(5-11(16-12)17-13)8-6-14-18(2)7-8/h5-7,10H,4,13H2,1-3H3,(H,15,16,17). The van der Waals surface area contributed by atoms with Gasteiger partial charge in [-0.15, -0.1) is 0 Å². The Morgan fingerprint density at radius 1 is 1.47 bits per heavy atom. The van der Waals surface area contributed by atoms with Gasteiger partial charge in [-0.1, -0.05) is 6.92 Å². The van der Waals surface area contributed by atoms with Crippen molar-refractivity contribution in [2.45, 2.75) is 19.4 Å². The predicted molar refractivity (Wildman–Crippen MR) is 72.1 cm³/mol. The summed E-state index contributed by atoms with van der Waals surface area (Å²) in [6.07, 6.45) is 4.28. The SMILES string of the molecule is CCC(OC)c1nc(NN)cc(-c2cnn(C)c2)n1. The van der Waals surface area contributed by atoms with Crippen molar-refractivity contribution >= 4 is 5.82 Å². The molecule has 0 spiro atoms. The molecular weight excluding hydrogens is 244 g/mol. The topological polar surface area (TPSA) is 90.9 Å². The van der Waals surface area contributed by atoms with E-state index in [0.29, 0.717) is 11.6 Å². The number of ether oxygens (including phenoxy) is 1. The summed E-state index contributed by atoms with van der Waals surface area (Å²) in [4.78, 5) is 8.85. The van der Waals surface area contributed by atoms with Crippen LogP contribution in [-0.4, -0.2) is 26.9 Å². The van der Waals surface area contributed by atoms with Gasteiger partial charge in [-0.2, -0.15) is 5.10 Å². The van der Waals surface area contributed by atoms with Gasteiger partial charge in [-0.25, -0.2) is 15.8 Å². The molecule has 0 aliphatic heterocycles. The molecule has 2 rings (SSSR count). The lowest BCUT2D eigenvalue weighted by Gasteiger charge is -2.13. The summed E-state index contributed by atoms with van der Waals surface area (Å²) >= 11 is 0. The molecule has 7 nitrogen and oxygen atoms in total. The molecule has 0 aliphatic rings. The minimum absolute atomic E-state index is 0.149. The molecule has 2 heterocycles. The smallest absolute Gasteiger partial charge is 0.160 e. The van der Waals surface area contributed by atoms with Gasteiger partial charge in [0.1, 0.15) is 11.9 Å². The highest BCUT2D eigenvalue weighted by Crippen LogP contribution is 2.23. The van der Waals surface area contributed by atoms with Gasteiger partial charge in [0, 0.05) is 32.0 Å². The number of nitrogens with two attached hydrogens (primary N) is 1. The molecule has 1 atom stereocenters. The van der Waals surface area contributed by atoms with Crippen LogP contribution in [0.2, 0.25) is 0 Å². The Hall–Kier alpha value is -1.99. The van der Waals surface area contributed by atoms with Gasteiger partial charge in [0.25, 0.3) is 0 Å². The van der Waals surface area contributed by atoms with Crippen molar-refractivity contribution in [3.8, 4) is 11.3 Å². The molecule has 0 saturated carbocycles. The average Bonchev–Trinajstić information content (AvgIpc) is 2.86. The van der Waals surface area contributed by atoms with E-state index >= 15 is 0 Å². The van der Waals surface area contributed by atoms with Crippen LogP contribution < -0.4 is 11.3 Å². The number of hydrogen-bond donors (Lipinski definition) is 2. The van der Waals surface area contributed by atoms with Crippen molar-refractivity contribution in [1.29, 1.82) is 0 Å². The first-order chi connectivity index (χ1) is 9.17. The van der Waals surface area contributed by atoms with Crippen LogP contribution in [0.1, 0.15) is 25.3 Å². The maximum absolute atomic E-state index is 5.45. The molecular formula is C12H18N6O. The summed E-state index contributed by atoms with van der Waals surface area (Å²) in [6.45, 7) is 2.02. The summed E-state index contributed by atoms with van der Waals surface area (Å²) in [5.74, 6) is 6.62. The number of methoxy groups -OCH3 is 1. The Morgan fingerprint density at radius 3 is 2.79 bits per heavy atom. The maximum atomic E-state index is 5.45. The van der Waals surface area contributed by atoms with Crippen molar-refractivity contribution in [1.82, 2.24) is 19.7 Å². The monoisotopic (exact) mass is 262 g/mol. The molecule has 0 aliphatic carbocycles. The Kier molecular flexibility index (Phi) is 4.08. The van der Waals surface area contributed by atoms with Crippen molar-refractivity contribution in [3.05, 3.63) is 24.3 Å². The van der Waals surface area contributed by atoms with E-state index in [9.17, 15) is 0 Å². The normalized spacial score (nSPS) is 12.4. The summed E-state index contributed by atoms with van der Waals surface area (Å²) < 4.78 is 7.09. The van der Waals surface area contributed by atoms with Gasteiger partial charge in [0.2, 0.25) is 0 Å². The van der Waals surface area contributed by atoms with Gasteiger partial charge in [-0.05, 0) is 6.42 Å². The highest BCUT2D eigenvalue weighted by atomic mass is 16.5. The van der Waals surface area contributed by atoms with Crippen LogP contribution in [0.5, 0.6) is 0 Å². The zero-order valence-electron chi connectivity index (χ0n) is 11.3. The van der Waals surface area contributed by atoms with Crippen LogP contribution >= 0.6 is 0 Å². The number of hydrazine groups is 1. The molecule has 2 aromatic rings. The van der Waals surface area contributed by atoms with Crippen molar-refractivity contribution < 1.29 is 4.74 Å². The summed E-state index contributed by atoms with van der Waals surface area (Å²) in [5, 5.41) is 4.14. The zero-order chi connectivity index (χ0) is 13.8. The second kappa shape index (κ2) is 5.77. The average molecular weight is 262 g/mol. The first kappa shape index (κ1) is 13.4. The maximum Gasteiger partial charge on any atom is 0.160 e. The molecule has 2 aromatic heterocycles. The van der Waals surface area contributed by atoms with Gasteiger partial charge in [0.05, 0.1) is 11.9 Å². The Balaban J connectivity index is 2.46. The highest BCUT2D eigenvalue weighted by molar-refractivity contribution is 5.60. The molecule has 0 bridgehead atoms. The predicted octanol–water partition coefficient (Wildman–Crippen LogP) is 1.26. The van der Waals surface area contributed by atoms with Crippen LogP contribution in [0.25, 0.3) is 11.3 Å². The zero-order valence-corrected chi connectivity index (χ0v) is 11.3. The van der Waals surface area contributed by atoms with Gasteiger partial charge in [-0.3, -0.25) is 4.68 Å². The van der Waals surface area contributed by atoms with Crippen LogP contribution in [-0.2, 0) is 11.8 Å². The molecule has 0 saturated heterocycles. The van der Waals surface area contributed by atoms with Crippen LogP contribution in [0, 0.1) is 0 Å². The quantitative estimate of drug-likeness (QED) is 0.622. The van der Waals surface area contributed by atoms with Gasteiger partial charge < -0.3 is 10.2 Å². The summed E-state index contributed by atoms with van der Waals surface area (Å²) in [5.41, 5.74) is 4.23. The van der Waals surface area contributed by atoms with Gasteiger partial charge >= 0.3 is 0 Å². The highest BCUT2D eigenvalue weighted by Gasteiger charge is 2.15. The van der Waals surface area contributed by atoms with Crippen LogP contribution in [0.15, 0.2) is 18.5 Å². The number of aromatic nitrogens is 4. The van der Waals surface area contributed by atoms with E-state index in [1.807, 2.05) is 20.2 Å². The third-order valence-electron chi connectivity index (χ3n) is 2.84. The molecule has 0 radical (unpaired) electrons.